The lowest BCUT2D eigenvalue weighted by Gasteiger charge is -2.26. The normalized spacial score (nSPS) is 16.3. The zero-order chi connectivity index (χ0) is 17.6. The van der Waals surface area contributed by atoms with E-state index in [1.165, 1.54) is 6.07 Å². The largest absolute Gasteiger partial charge is 0.491 e. The smallest absolute Gasteiger partial charge is 0.263 e. The zero-order valence-corrected chi connectivity index (χ0v) is 14.3. The number of aromatic nitrogens is 1. The van der Waals surface area contributed by atoms with Crippen molar-refractivity contribution in [1.82, 2.24) is 10.3 Å². The van der Waals surface area contributed by atoms with Crippen molar-refractivity contribution in [3.8, 4) is 5.75 Å². The summed E-state index contributed by atoms with van der Waals surface area (Å²) < 4.78 is 19.1. The van der Waals surface area contributed by atoms with Crippen molar-refractivity contribution >= 4 is 33.1 Å². The first-order valence-electron chi connectivity index (χ1n) is 7.88. The molecule has 0 aliphatic carbocycles. The third-order valence-corrected chi connectivity index (χ3v) is 5.35. The van der Waals surface area contributed by atoms with Crippen LogP contribution in [0.5, 0.6) is 5.75 Å². The summed E-state index contributed by atoms with van der Waals surface area (Å²) in [6.45, 7) is 2.42. The Morgan fingerprint density at radius 1 is 1.44 bits per heavy atom. The summed E-state index contributed by atoms with van der Waals surface area (Å²) in [6.07, 6.45) is 1.81. The Hall–Kier alpha value is -2.67. The summed E-state index contributed by atoms with van der Waals surface area (Å²) in [7, 11) is 0. The van der Waals surface area contributed by atoms with Crippen molar-refractivity contribution in [2.45, 2.75) is 19.4 Å². The van der Waals surface area contributed by atoms with Crippen molar-refractivity contribution in [2.75, 3.05) is 12.3 Å². The molecule has 1 aliphatic rings. The molecule has 4 rings (SSSR count). The fourth-order valence-electron chi connectivity index (χ4n) is 2.97. The van der Waals surface area contributed by atoms with Crippen LogP contribution in [0.1, 0.15) is 20.8 Å². The summed E-state index contributed by atoms with van der Waals surface area (Å²) in [5.74, 6) is 0.105. The van der Waals surface area contributed by atoms with Crippen LogP contribution < -0.4 is 15.8 Å². The lowest BCUT2D eigenvalue weighted by molar-refractivity contribution is 0.0920. The average molecular weight is 357 g/mol. The standard InChI is InChI=1S/C18H16FN3O2S/c1-9-2-3-10-5-12(8-24-14(10)4-9)22-17(23)16-15(20)13-6-11(19)7-21-18(13)25-16/h2-4,6-7,12H,5,8,20H2,1H3,(H,22,23)/t12-/m0/s1. The van der Waals surface area contributed by atoms with Crippen molar-refractivity contribution in [3.05, 3.63) is 52.3 Å². The van der Waals surface area contributed by atoms with E-state index in [1.54, 1.807) is 0 Å². The van der Waals surface area contributed by atoms with Crippen LogP contribution in [-0.2, 0) is 6.42 Å². The maximum atomic E-state index is 13.3. The molecule has 1 atom stereocenters. The number of nitrogens with two attached hydrogens (primary N) is 1. The molecule has 0 saturated carbocycles. The minimum absolute atomic E-state index is 0.142. The molecule has 0 bridgehead atoms. The number of aryl methyl sites for hydroxylation is 1. The number of carbonyl (C=O) groups is 1. The molecule has 0 saturated heterocycles. The Bertz CT molecular complexity index is 986. The van der Waals surface area contributed by atoms with E-state index in [-0.39, 0.29) is 17.6 Å². The van der Waals surface area contributed by atoms with Gasteiger partial charge in [-0.25, -0.2) is 9.37 Å². The number of amides is 1. The molecule has 1 amide bonds. The second-order valence-electron chi connectivity index (χ2n) is 6.15. The van der Waals surface area contributed by atoms with Crippen LogP contribution in [0.25, 0.3) is 10.2 Å². The highest BCUT2D eigenvalue weighted by atomic mass is 32.1. The number of hydrogen-bond acceptors (Lipinski definition) is 5. The molecule has 0 unspecified atom stereocenters. The quantitative estimate of drug-likeness (QED) is 0.739. The Balaban J connectivity index is 1.55. The molecule has 1 aliphatic heterocycles. The van der Waals surface area contributed by atoms with Gasteiger partial charge < -0.3 is 15.8 Å². The molecule has 3 aromatic rings. The van der Waals surface area contributed by atoms with Gasteiger partial charge in [0.05, 0.1) is 17.9 Å². The summed E-state index contributed by atoms with van der Waals surface area (Å²) in [5.41, 5.74) is 8.48. The zero-order valence-electron chi connectivity index (χ0n) is 13.5. The molecule has 128 valence electrons. The van der Waals surface area contributed by atoms with Crippen molar-refractivity contribution < 1.29 is 13.9 Å². The molecule has 0 fully saturated rings. The number of benzene rings is 1. The van der Waals surface area contributed by atoms with Gasteiger partial charge in [-0.1, -0.05) is 12.1 Å². The lowest BCUT2D eigenvalue weighted by atomic mass is 10.0. The van der Waals surface area contributed by atoms with Crippen molar-refractivity contribution in [1.29, 1.82) is 0 Å². The number of nitrogens with zero attached hydrogens (tertiary/aromatic N) is 1. The molecule has 1 aromatic carbocycles. The molecule has 3 N–H and O–H groups in total. The maximum Gasteiger partial charge on any atom is 0.263 e. The highest BCUT2D eigenvalue weighted by Crippen LogP contribution is 2.33. The summed E-state index contributed by atoms with van der Waals surface area (Å²) >= 11 is 1.16. The number of thiophene rings is 1. The summed E-state index contributed by atoms with van der Waals surface area (Å²) in [5, 5.41) is 3.42. The number of ether oxygens (including phenoxy) is 1. The van der Waals surface area contributed by atoms with Gasteiger partial charge in [-0.2, -0.15) is 0 Å². The number of nitrogens with one attached hydrogen (secondary N) is 1. The molecular formula is C18H16FN3O2S. The molecular weight excluding hydrogens is 341 g/mol. The van der Waals surface area contributed by atoms with E-state index in [9.17, 15) is 9.18 Å². The predicted molar refractivity (Wildman–Crippen MR) is 95.6 cm³/mol. The third-order valence-electron chi connectivity index (χ3n) is 4.22. The summed E-state index contributed by atoms with van der Waals surface area (Å²) in [4.78, 5) is 17.5. The van der Waals surface area contributed by atoms with Gasteiger partial charge in [-0.3, -0.25) is 4.79 Å². The van der Waals surface area contributed by atoms with Gasteiger partial charge in [-0.15, -0.1) is 11.3 Å². The molecule has 7 heteroatoms. The van der Waals surface area contributed by atoms with Crippen LogP contribution >= 0.6 is 11.3 Å². The lowest BCUT2D eigenvalue weighted by Crippen LogP contribution is -2.42. The third kappa shape index (κ3) is 2.91. The number of hydrogen-bond donors (Lipinski definition) is 2. The van der Waals surface area contributed by atoms with E-state index in [0.29, 0.717) is 28.1 Å². The van der Waals surface area contributed by atoms with Crippen LogP contribution in [0.15, 0.2) is 30.5 Å². The monoisotopic (exact) mass is 357 g/mol. The fourth-order valence-corrected chi connectivity index (χ4v) is 3.92. The first kappa shape index (κ1) is 15.8. The average Bonchev–Trinajstić information content (AvgIpc) is 2.91. The van der Waals surface area contributed by atoms with Crippen molar-refractivity contribution in [3.63, 3.8) is 0 Å². The van der Waals surface area contributed by atoms with E-state index >= 15 is 0 Å². The number of halogens is 1. The summed E-state index contributed by atoms with van der Waals surface area (Å²) in [6, 6.07) is 7.20. The second-order valence-corrected chi connectivity index (χ2v) is 7.15. The first-order chi connectivity index (χ1) is 12.0. The SMILES string of the molecule is Cc1ccc2c(c1)OC[C@@H](NC(=O)c1sc3ncc(F)cc3c1N)C2. The van der Waals surface area contributed by atoms with Gasteiger partial charge in [0.2, 0.25) is 0 Å². The molecule has 0 spiro atoms. The Labute approximate surface area is 147 Å². The van der Waals surface area contributed by atoms with E-state index in [2.05, 4.69) is 10.3 Å². The topological polar surface area (TPSA) is 77.2 Å². The van der Waals surface area contributed by atoms with Gasteiger partial charge >= 0.3 is 0 Å². The molecule has 3 heterocycles. The number of rotatable bonds is 2. The van der Waals surface area contributed by atoms with E-state index < -0.39 is 5.82 Å². The minimum Gasteiger partial charge on any atom is -0.491 e. The Morgan fingerprint density at radius 2 is 2.28 bits per heavy atom. The first-order valence-corrected chi connectivity index (χ1v) is 8.69. The Kier molecular flexibility index (Phi) is 3.80. The molecule has 5 nitrogen and oxygen atoms in total. The van der Waals surface area contributed by atoms with Crippen LogP contribution in [0.3, 0.4) is 0 Å². The fraction of sp³-hybridized carbons (Fsp3) is 0.222. The number of carbonyl (C=O) groups excluding carboxylic acids is 1. The minimum atomic E-state index is -0.475. The van der Waals surface area contributed by atoms with Gasteiger partial charge in [0.1, 0.15) is 27.9 Å². The van der Waals surface area contributed by atoms with Gasteiger partial charge in [0, 0.05) is 5.39 Å². The van der Waals surface area contributed by atoms with E-state index in [0.717, 1.165) is 34.4 Å². The molecule has 25 heavy (non-hydrogen) atoms. The predicted octanol–water partition coefficient (Wildman–Crippen LogP) is 3.06. The van der Waals surface area contributed by atoms with E-state index in [1.807, 2.05) is 25.1 Å². The van der Waals surface area contributed by atoms with Gasteiger partial charge in [0.25, 0.3) is 5.91 Å². The van der Waals surface area contributed by atoms with Crippen LogP contribution in [0, 0.1) is 12.7 Å². The second kappa shape index (κ2) is 6.00. The van der Waals surface area contributed by atoms with Crippen LogP contribution in [0.2, 0.25) is 0 Å². The van der Waals surface area contributed by atoms with Crippen molar-refractivity contribution in [2.24, 2.45) is 0 Å². The highest BCUT2D eigenvalue weighted by molar-refractivity contribution is 7.21. The van der Waals surface area contributed by atoms with Gasteiger partial charge in [-0.05, 0) is 36.6 Å². The molecule has 2 aromatic heterocycles. The van der Waals surface area contributed by atoms with Crippen LogP contribution in [-0.4, -0.2) is 23.5 Å². The Morgan fingerprint density at radius 3 is 3.12 bits per heavy atom. The number of anilines is 1. The number of pyridine rings is 1. The number of fused-ring (bicyclic) bond motifs is 2. The van der Waals surface area contributed by atoms with Gasteiger partial charge in [0.15, 0.2) is 0 Å². The van der Waals surface area contributed by atoms with Crippen LogP contribution in [0.4, 0.5) is 10.1 Å². The highest BCUT2D eigenvalue weighted by Gasteiger charge is 2.24. The maximum absolute atomic E-state index is 13.3. The number of nitrogen functional groups attached to an aromatic ring is 1. The molecule has 0 radical (unpaired) electrons. The van der Waals surface area contributed by atoms with E-state index in [4.69, 9.17) is 10.5 Å².